The minimum atomic E-state index is -0.588. The molecule has 0 fully saturated rings. The Hall–Kier alpha value is -4.47. The lowest BCUT2D eigenvalue weighted by Crippen LogP contribution is -2.28. The molecule has 0 aliphatic carbocycles. The van der Waals surface area contributed by atoms with Gasteiger partial charge in [0.15, 0.2) is 5.96 Å². The minimum Gasteiger partial charge on any atom is -0.370 e. The summed E-state index contributed by atoms with van der Waals surface area (Å²) in [5.41, 5.74) is 15.1. The number of guanidine groups is 1. The Balaban J connectivity index is 1.40. The maximum absolute atomic E-state index is 11.6. The third-order valence-corrected chi connectivity index (χ3v) is 4.87. The van der Waals surface area contributed by atoms with Gasteiger partial charge < -0.3 is 26.7 Å². The lowest BCUT2D eigenvalue weighted by molar-refractivity contribution is 0.249. The summed E-state index contributed by atoms with van der Waals surface area (Å²) < 4.78 is 2.05. The summed E-state index contributed by atoms with van der Waals surface area (Å²) in [6.45, 7) is 0.803. The molecule has 0 saturated carbocycles. The van der Waals surface area contributed by atoms with E-state index in [1.807, 2.05) is 60.1 Å². The number of aryl methyl sites for hydroxylation is 1. The van der Waals surface area contributed by atoms with Crippen molar-refractivity contribution in [3.05, 3.63) is 72.3 Å². The summed E-state index contributed by atoms with van der Waals surface area (Å²) in [6.07, 6.45) is 3.50. The van der Waals surface area contributed by atoms with Crippen molar-refractivity contribution in [3.8, 4) is 11.1 Å². The molecular weight excluding hydrogens is 406 g/mol. The lowest BCUT2D eigenvalue weighted by Gasteiger charge is -2.08. The molecule has 0 radical (unpaired) electrons. The van der Waals surface area contributed by atoms with Gasteiger partial charge in [-0.2, -0.15) is 4.99 Å². The monoisotopic (exact) mass is 429 g/mol. The second-order valence-corrected chi connectivity index (χ2v) is 7.12. The molecule has 0 aliphatic rings. The molecule has 162 valence electrons. The number of rotatable bonds is 6. The number of nitrogens with one attached hydrogen (secondary N) is 2. The zero-order valence-corrected chi connectivity index (χ0v) is 17.5. The van der Waals surface area contributed by atoms with Crippen molar-refractivity contribution in [2.75, 3.05) is 5.32 Å². The van der Waals surface area contributed by atoms with E-state index < -0.39 is 6.03 Å². The third kappa shape index (κ3) is 4.81. The van der Waals surface area contributed by atoms with E-state index in [4.69, 9.17) is 11.5 Å². The topological polar surface area (TPSA) is 149 Å². The predicted octanol–water partition coefficient (Wildman–Crippen LogP) is 2.13. The number of para-hydroxylation sites is 2. The molecule has 0 bridgehead atoms. The van der Waals surface area contributed by atoms with E-state index in [-0.39, 0.29) is 5.96 Å². The molecule has 10 nitrogen and oxygen atoms in total. The van der Waals surface area contributed by atoms with E-state index >= 15 is 0 Å². The van der Waals surface area contributed by atoms with Crippen LogP contribution in [0.3, 0.4) is 0 Å². The fourth-order valence-electron chi connectivity index (χ4n) is 3.28. The summed E-state index contributed by atoms with van der Waals surface area (Å²) in [5, 5.41) is 5.84. The van der Waals surface area contributed by atoms with Crippen molar-refractivity contribution in [1.29, 1.82) is 0 Å². The van der Waals surface area contributed by atoms with Crippen molar-refractivity contribution in [1.82, 2.24) is 24.8 Å². The van der Waals surface area contributed by atoms with Crippen molar-refractivity contribution < 1.29 is 4.79 Å². The number of nitrogens with two attached hydrogens (primary N) is 2. The number of imidazole rings is 1. The molecule has 0 saturated heterocycles. The number of hydrogen-bond acceptors (Lipinski definition) is 5. The molecule has 10 heteroatoms. The number of urea groups is 1. The van der Waals surface area contributed by atoms with Gasteiger partial charge in [0.1, 0.15) is 5.82 Å². The van der Waals surface area contributed by atoms with E-state index in [0.29, 0.717) is 19.0 Å². The Bertz CT molecular complexity index is 1270. The van der Waals surface area contributed by atoms with Crippen LogP contribution in [0.1, 0.15) is 11.4 Å². The van der Waals surface area contributed by atoms with Gasteiger partial charge in [-0.15, -0.1) is 0 Å². The first-order valence-electron chi connectivity index (χ1n) is 9.92. The Morgan fingerprint density at radius 1 is 1.03 bits per heavy atom. The summed E-state index contributed by atoms with van der Waals surface area (Å²) in [4.78, 5) is 28.5. The standard InChI is InChI=1S/C22H23N9O/c1-31-18-8-3-2-7-17(18)29-19(31)13-27-21-25-11-16(12-26-21)15-6-4-5-14(9-15)10-28-22(32)30-20(23)24/h2-9,11-12H,10,13H2,1H3,(H,25,26,27)(H5,23,24,28,30,32). The van der Waals surface area contributed by atoms with E-state index in [1.165, 1.54) is 0 Å². The highest BCUT2D eigenvalue weighted by molar-refractivity contribution is 5.90. The second kappa shape index (κ2) is 9.13. The quantitative estimate of drug-likeness (QED) is 0.271. The molecule has 2 heterocycles. The summed E-state index contributed by atoms with van der Waals surface area (Å²) in [6, 6.07) is 15.1. The van der Waals surface area contributed by atoms with Gasteiger partial charge >= 0.3 is 6.03 Å². The Morgan fingerprint density at radius 3 is 2.56 bits per heavy atom. The summed E-state index contributed by atoms with van der Waals surface area (Å²) in [5.74, 6) is 1.13. The number of carbonyl (C=O) groups excluding carboxylic acids is 1. The molecule has 0 atom stereocenters. The van der Waals surface area contributed by atoms with Gasteiger partial charge in [0, 0.05) is 31.5 Å². The van der Waals surface area contributed by atoms with Crippen LogP contribution in [0.25, 0.3) is 22.2 Å². The third-order valence-electron chi connectivity index (χ3n) is 4.87. The van der Waals surface area contributed by atoms with Gasteiger partial charge in [-0.25, -0.2) is 19.7 Å². The number of benzene rings is 2. The molecule has 0 aliphatic heterocycles. The first-order chi connectivity index (χ1) is 15.5. The number of hydrogen-bond donors (Lipinski definition) is 4. The maximum Gasteiger partial charge on any atom is 0.344 e. The SMILES string of the molecule is Cn1c(CNc2ncc(-c3cccc(CNC(=O)N=C(N)N)c3)cn2)nc2ccccc21. The molecule has 2 amide bonds. The molecule has 2 aromatic heterocycles. The highest BCUT2D eigenvalue weighted by atomic mass is 16.2. The van der Waals surface area contributed by atoms with Crippen LogP contribution in [0.4, 0.5) is 10.7 Å². The maximum atomic E-state index is 11.6. The van der Waals surface area contributed by atoms with E-state index in [0.717, 1.165) is 33.5 Å². The van der Waals surface area contributed by atoms with Gasteiger partial charge in [0.05, 0.1) is 17.6 Å². The predicted molar refractivity (Wildman–Crippen MR) is 124 cm³/mol. The molecule has 6 N–H and O–H groups in total. The second-order valence-electron chi connectivity index (χ2n) is 7.12. The van der Waals surface area contributed by atoms with Crippen LogP contribution in [0.5, 0.6) is 0 Å². The number of fused-ring (bicyclic) bond motifs is 1. The molecule has 2 aromatic carbocycles. The fourth-order valence-corrected chi connectivity index (χ4v) is 3.28. The lowest BCUT2D eigenvalue weighted by atomic mass is 10.1. The van der Waals surface area contributed by atoms with E-state index in [2.05, 4.69) is 30.6 Å². The van der Waals surface area contributed by atoms with Gasteiger partial charge in [-0.05, 0) is 29.3 Å². The Kier molecular flexibility index (Phi) is 5.93. The van der Waals surface area contributed by atoms with Crippen molar-refractivity contribution in [2.45, 2.75) is 13.1 Å². The zero-order valence-electron chi connectivity index (χ0n) is 17.5. The molecule has 0 spiro atoms. The molecule has 4 aromatic rings. The first-order valence-corrected chi connectivity index (χ1v) is 9.92. The normalized spacial score (nSPS) is 10.7. The fraction of sp³-hybridized carbons (Fsp3) is 0.136. The first kappa shape index (κ1) is 20.8. The number of amides is 2. The number of anilines is 1. The smallest absolute Gasteiger partial charge is 0.344 e. The van der Waals surface area contributed by atoms with Crippen LogP contribution in [0.2, 0.25) is 0 Å². The van der Waals surface area contributed by atoms with Crippen LogP contribution < -0.4 is 22.1 Å². The number of aromatic nitrogens is 4. The largest absolute Gasteiger partial charge is 0.370 e. The van der Waals surface area contributed by atoms with Gasteiger partial charge in [0.25, 0.3) is 0 Å². The van der Waals surface area contributed by atoms with Crippen molar-refractivity contribution >= 4 is 29.0 Å². The Morgan fingerprint density at radius 2 is 1.81 bits per heavy atom. The van der Waals surface area contributed by atoms with Crippen LogP contribution in [-0.2, 0) is 20.1 Å². The molecular formula is C22H23N9O. The Labute approximate surface area is 184 Å². The summed E-state index contributed by atoms with van der Waals surface area (Å²) >= 11 is 0. The van der Waals surface area contributed by atoms with E-state index in [1.54, 1.807) is 12.4 Å². The van der Waals surface area contributed by atoms with Crippen LogP contribution in [0, 0.1) is 0 Å². The van der Waals surface area contributed by atoms with Crippen LogP contribution >= 0.6 is 0 Å². The van der Waals surface area contributed by atoms with E-state index in [9.17, 15) is 4.79 Å². The highest BCUT2D eigenvalue weighted by Crippen LogP contribution is 2.20. The number of aliphatic imine (C=N–C) groups is 1. The molecule has 0 unspecified atom stereocenters. The van der Waals surface area contributed by atoms with Crippen LogP contribution in [0.15, 0.2) is 65.9 Å². The summed E-state index contributed by atoms with van der Waals surface area (Å²) in [7, 11) is 1.99. The zero-order chi connectivity index (χ0) is 22.5. The van der Waals surface area contributed by atoms with Crippen LogP contribution in [-0.4, -0.2) is 31.5 Å². The average molecular weight is 429 g/mol. The molecule has 32 heavy (non-hydrogen) atoms. The highest BCUT2D eigenvalue weighted by Gasteiger charge is 2.08. The average Bonchev–Trinajstić information content (AvgIpc) is 3.12. The number of nitrogens with zero attached hydrogens (tertiary/aromatic N) is 5. The number of carbonyl (C=O) groups is 1. The van der Waals surface area contributed by atoms with Gasteiger partial charge in [0.2, 0.25) is 5.95 Å². The van der Waals surface area contributed by atoms with Crippen molar-refractivity contribution in [3.63, 3.8) is 0 Å². The van der Waals surface area contributed by atoms with Gasteiger partial charge in [-0.3, -0.25) is 0 Å². The van der Waals surface area contributed by atoms with Gasteiger partial charge in [-0.1, -0.05) is 30.3 Å². The minimum absolute atomic E-state index is 0.279. The van der Waals surface area contributed by atoms with Crippen molar-refractivity contribution in [2.24, 2.45) is 23.5 Å². The molecule has 4 rings (SSSR count).